The summed E-state index contributed by atoms with van der Waals surface area (Å²) < 4.78 is 31.1. The van der Waals surface area contributed by atoms with E-state index in [1.54, 1.807) is 37.5 Å². The van der Waals surface area contributed by atoms with Gasteiger partial charge in [-0.1, -0.05) is 18.2 Å². The average Bonchev–Trinajstić information content (AvgIpc) is 2.70. The van der Waals surface area contributed by atoms with Crippen LogP contribution in [-0.4, -0.2) is 39.7 Å². The Morgan fingerprint density at radius 1 is 1.21 bits per heavy atom. The van der Waals surface area contributed by atoms with Crippen LogP contribution >= 0.6 is 0 Å². The Balaban J connectivity index is 2.01. The Kier molecular flexibility index (Phi) is 4.86. The minimum atomic E-state index is -1.95. The lowest BCUT2D eigenvalue weighted by Gasteiger charge is -2.28. The molecule has 7 heteroatoms. The number of aryl methyl sites for hydroxylation is 1. The summed E-state index contributed by atoms with van der Waals surface area (Å²) in [5, 5.41) is 2.15. The Hall–Kier alpha value is -2.77. The van der Waals surface area contributed by atoms with E-state index in [0.29, 0.717) is 35.3 Å². The molecule has 6 nitrogen and oxygen atoms in total. The Labute approximate surface area is 163 Å². The molecule has 0 saturated carbocycles. The molecule has 2 heterocycles. The van der Waals surface area contributed by atoms with Gasteiger partial charge in [0.05, 0.1) is 6.61 Å². The first-order chi connectivity index (χ1) is 13.5. The summed E-state index contributed by atoms with van der Waals surface area (Å²) in [6.45, 7) is 2.47. The minimum Gasteiger partial charge on any atom is -0.486 e. The quantitative estimate of drug-likeness (QED) is 0.634. The van der Waals surface area contributed by atoms with E-state index in [4.69, 9.17) is 14.2 Å². The van der Waals surface area contributed by atoms with Crippen LogP contribution in [0.2, 0.25) is 6.55 Å². The van der Waals surface area contributed by atoms with Gasteiger partial charge in [-0.25, -0.2) is 0 Å². The maximum atomic E-state index is 12.6. The maximum absolute atomic E-state index is 12.6. The van der Waals surface area contributed by atoms with Crippen LogP contribution in [0.4, 0.5) is 0 Å². The molecule has 144 valence electrons. The normalized spacial score (nSPS) is 15.6. The van der Waals surface area contributed by atoms with Gasteiger partial charge in [0, 0.05) is 42.1 Å². The van der Waals surface area contributed by atoms with Gasteiger partial charge in [-0.15, -0.1) is 0 Å². The van der Waals surface area contributed by atoms with Crippen molar-refractivity contribution in [3.63, 3.8) is 0 Å². The molecule has 0 aliphatic carbocycles. The van der Waals surface area contributed by atoms with Crippen molar-refractivity contribution >= 4 is 24.6 Å². The molecule has 1 unspecified atom stereocenters. The largest absolute Gasteiger partial charge is 0.486 e. The molecule has 1 aliphatic heterocycles. The number of hydrogen-bond acceptors (Lipinski definition) is 5. The van der Waals surface area contributed by atoms with E-state index >= 15 is 0 Å². The van der Waals surface area contributed by atoms with Crippen molar-refractivity contribution in [2.24, 2.45) is 7.05 Å². The molecule has 0 bridgehead atoms. The van der Waals surface area contributed by atoms with E-state index in [2.05, 4.69) is 0 Å². The highest BCUT2D eigenvalue weighted by atomic mass is 28.3. The summed E-state index contributed by atoms with van der Waals surface area (Å²) in [6.07, 6.45) is 1.56. The van der Waals surface area contributed by atoms with Crippen LogP contribution in [0.25, 0.3) is 21.9 Å². The van der Waals surface area contributed by atoms with Gasteiger partial charge in [-0.2, -0.15) is 0 Å². The van der Waals surface area contributed by atoms with Gasteiger partial charge < -0.3 is 23.2 Å². The molecular formula is C21H21NO5Si. The standard InChI is InChI=1S/C21H21NO5Si/c1-22-10-18(15-6-4-5-7-16(15)21(22)23)17-8-14(28(3)24)9-19-20(17)27-13(11-25-2)12-26-19/h4-10,13H,11-12H2,1-3H3. The zero-order valence-corrected chi connectivity index (χ0v) is 17.0. The molecular weight excluding hydrogens is 374 g/mol. The number of fused-ring (bicyclic) bond motifs is 2. The van der Waals surface area contributed by atoms with Crippen LogP contribution in [0, 0.1) is 0 Å². The number of ether oxygens (including phenoxy) is 3. The maximum Gasteiger partial charge on any atom is 0.308 e. The molecule has 0 N–H and O–H groups in total. The van der Waals surface area contributed by atoms with Gasteiger partial charge in [-0.3, -0.25) is 4.79 Å². The second kappa shape index (κ2) is 7.33. The monoisotopic (exact) mass is 395 g/mol. The number of hydrogen-bond donors (Lipinski definition) is 0. The second-order valence-corrected chi connectivity index (χ2v) is 8.61. The van der Waals surface area contributed by atoms with Crippen LogP contribution in [0.3, 0.4) is 0 Å². The summed E-state index contributed by atoms with van der Waals surface area (Å²) in [5.74, 6) is 1.15. The predicted octanol–water partition coefficient (Wildman–Crippen LogP) is 2.25. The lowest BCUT2D eigenvalue weighted by molar-refractivity contribution is 0.0278. The fraction of sp³-hybridized carbons (Fsp3) is 0.286. The molecule has 0 amide bonds. The van der Waals surface area contributed by atoms with Crippen LogP contribution in [0.1, 0.15) is 0 Å². The average molecular weight is 395 g/mol. The van der Waals surface area contributed by atoms with Gasteiger partial charge in [0.2, 0.25) is 0 Å². The molecule has 4 rings (SSSR count). The summed E-state index contributed by atoms with van der Waals surface area (Å²) in [7, 11) is 1.40. The van der Waals surface area contributed by atoms with Gasteiger partial charge in [0.1, 0.15) is 6.61 Å². The number of pyridine rings is 1. The van der Waals surface area contributed by atoms with Crippen molar-refractivity contribution in [1.82, 2.24) is 4.57 Å². The third kappa shape index (κ3) is 3.16. The fourth-order valence-electron chi connectivity index (χ4n) is 3.52. The van der Waals surface area contributed by atoms with Crippen LogP contribution in [0.5, 0.6) is 11.5 Å². The molecule has 1 aromatic heterocycles. The Morgan fingerprint density at radius 2 is 1.96 bits per heavy atom. The highest BCUT2D eigenvalue weighted by Crippen LogP contribution is 2.42. The van der Waals surface area contributed by atoms with E-state index in [-0.39, 0.29) is 11.7 Å². The van der Waals surface area contributed by atoms with Crippen LogP contribution in [-0.2, 0) is 16.2 Å². The van der Waals surface area contributed by atoms with E-state index in [0.717, 1.165) is 16.5 Å². The van der Waals surface area contributed by atoms with Gasteiger partial charge in [0.25, 0.3) is 5.56 Å². The molecule has 1 aliphatic rings. The van der Waals surface area contributed by atoms with Gasteiger partial charge >= 0.3 is 8.68 Å². The number of aromatic nitrogens is 1. The molecule has 0 fully saturated rings. The zero-order chi connectivity index (χ0) is 19.8. The summed E-state index contributed by atoms with van der Waals surface area (Å²) >= 11 is 0. The highest BCUT2D eigenvalue weighted by Gasteiger charge is 2.27. The van der Waals surface area contributed by atoms with Crippen LogP contribution in [0.15, 0.2) is 47.4 Å². The molecule has 1 atom stereocenters. The van der Waals surface area contributed by atoms with Crippen molar-refractivity contribution in [2.75, 3.05) is 20.3 Å². The van der Waals surface area contributed by atoms with Crippen molar-refractivity contribution in [2.45, 2.75) is 12.7 Å². The zero-order valence-electron chi connectivity index (χ0n) is 16.0. The fourth-order valence-corrected chi connectivity index (χ4v) is 4.20. The van der Waals surface area contributed by atoms with E-state index in [9.17, 15) is 9.26 Å². The van der Waals surface area contributed by atoms with Crippen molar-refractivity contribution in [1.29, 1.82) is 0 Å². The van der Waals surface area contributed by atoms with Gasteiger partial charge in [-0.05, 0) is 30.1 Å². The SMILES string of the molecule is COCC1COc2cc([Si](C)=O)cc(-c3cn(C)c(=O)c4ccccc34)c2O1. The number of rotatable bonds is 4. The van der Waals surface area contributed by atoms with Crippen molar-refractivity contribution in [3.8, 4) is 22.6 Å². The first-order valence-electron chi connectivity index (χ1n) is 9.05. The predicted molar refractivity (Wildman–Crippen MR) is 108 cm³/mol. The van der Waals surface area contributed by atoms with E-state index in [1.807, 2.05) is 30.3 Å². The highest BCUT2D eigenvalue weighted by molar-refractivity contribution is 6.58. The molecule has 28 heavy (non-hydrogen) atoms. The van der Waals surface area contributed by atoms with E-state index in [1.165, 1.54) is 0 Å². The number of nitrogens with zero attached hydrogens (tertiary/aromatic N) is 1. The molecule has 2 aromatic carbocycles. The number of methoxy groups -OCH3 is 1. The smallest absolute Gasteiger partial charge is 0.308 e. The van der Waals surface area contributed by atoms with Gasteiger partial charge in [0.15, 0.2) is 17.6 Å². The van der Waals surface area contributed by atoms with Crippen LogP contribution < -0.4 is 20.2 Å². The Bertz CT molecular complexity index is 1140. The number of benzene rings is 2. The third-order valence-corrected chi connectivity index (χ3v) is 6.01. The summed E-state index contributed by atoms with van der Waals surface area (Å²) in [6, 6.07) is 11.1. The topological polar surface area (TPSA) is 66.8 Å². The van der Waals surface area contributed by atoms with Crippen molar-refractivity contribution in [3.05, 3.63) is 52.9 Å². The summed E-state index contributed by atoms with van der Waals surface area (Å²) in [4.78, 5) is 12.6. The lowest BCUT2D eigenvalue weighted by Crippen LogP contribution is -2.34. The second-order valence-electron chi connectivity index (χ2n) is 6.92. The molecule has 3 aromatic rings. The summed E-state index contributed by atoms with van der Waals surface area (Å²) in [5.41, 5.74) is 1.53. The third-order valence-electron chi connectivity index (χ3n) is 4.90. The first-order valence-corrected chi connectivity index (χ1v) is 11.0. The van der Waals surface area contributed by atoms with E-state index < -0.39 is 8.68 Å². The lowest BCUT2D eigenvalue weighted by atomic mass is 9.99. The minimum absolute atomic E-state index is 0.0668. The first kappa shape index (κ1) is 18.6. The molecule has 0 spiro atoms. The Morgan fingerprint density at radius 3 is 2.68 bits per heavy atom. The molecule has 0 radical (unpaired) electrons. The molecule has 0 saturated heterocycles. The van der Waals surface area contributed by atoms with Crippen molar-refractivity contribution < 1.29 is 18.7 Å².